The highest BCUT2D eigenvalue weighted by atomic mass is 16.5. The molecule has 0 radical (unpaired) electrons. The molecule has 2 unspecified atom stereocenters. The lowest BCUT2D eigenvalue weighted by Crippen LogP contribution is -2.45. The van der Waals surface area contributed by atoms with E-state index in [0.29, 0.717) is 19.4 Å². The van der Waals surface area contributed by atoms with Gasteiger partial charge in [0.2, 0.25) is 5.91 Å². The largest absolute Gasteiger partial charge is 0.466 e. The van der Waals surface area contributed by atoms with Crippen LogP contribution in [-0.4, -0.2) is 47.4 Å². The Morgan fingerprint density at radius 2 is 0.681 bits per heavy atom. The SMILES string of the molecule is CCCCCCCCCCCCC/C=C/C(O)C(CO)NC(=O)CCCCCCCCCCCC/C=C\CCCCCCCCCCCCCCOC(=O)CCCCCCCCCCCCCCC. The lowest BCUT2D eigenvalue weighted by Gasteiger charge is -2.20. The minimum absolute atomic E-state index is 0.0156. The summed E-state index contributed by atoms with van der Waals surface area (Å²) in [4.78, 5) is 24.5. The Morgan fingerprint density at radius 3 is 1.03 bits per heavy atom. The van der Waals surface area contributed by atoms with Crippen LogP contribution in [0.25, 0.3) is 0 Å². The maximum Gasteiger partial charge on any atom is 0.305 e. The van der Waals surface area contributed by atoms with E-state index in [0.717, 1.165) is 38.5 Å². The Hall–Kier alpha value is -1.66. The fourth-order valence-corrected chi connectivity index (χ4v) is 9.69. The van der Waals surface area contributed by atoms with E-state index >= 15 is 0 Å². The second kappa shape index (κ2) is 58.9. The highest BCUT2D eigenvalue weighted by Crippen LogP contribution is 2.17. The van der Waals surface area contributed by atoms with E-state index in [4.69, 9.17) is 4.74 Å². The van der Waals surface area contributed by atoms with Gasteiger partial charge in [-0.3, -0.25) is 9.59 Å². The second-order valence-corrected chi connectivity index (χ2v) is 21.4. The van der Waals surface area contributed by atoms with Gasteiger partial charge in [0.25, 0.3) is 0 Å². The number of hydrogen-bond acceptors (Lipinski definition) is 5. The summed E-state index contributed by atoms with van der Waals surface area (Å²) in [7, 11) is 0. The molecule has 0 bridgehead atoms. The van der Waals surface area contributed by atoms with Crippen molar-refractivity contribution in [1.29, 1.82) is 0 Å². The molecule has 0 saturated heterocycles. The molecule has 0 aromatic heterocycles. The van der Waals surface area contributed by atoms with Crippen LogP contribution in [0.3, 0.4) is 0 Å². The van der Waals surface area contributed by atoms with Gasteiger partial charge < -0.3 is 20.3 Å². The van der Waals surface area contributed by atoms with Crippen molar-refractivity contribution in [2.24, 2.45) is 0 Å². The number of rotatable bonds is 58. The maximum atomic E-state index is 12.4. The summed E-state index contributed by atoms with van der Waals surface area (Å²) in [5.41, 5.74) is 0. The third-order valence-electron chi connectivity index (χ3n) is 14.5. The molecule has 0 saturated carbocycles. The Kier molecular flexibility index (Phi) is 57.5. The number of aliphatic hydroxyl groups is 2. The minimum Gasteiger partial charge on any atom is -0.466 e. The van der Waals surface area contributed by atoms with Crippen LogP contribution in [0.15, 0.2) is 24.3 Å². The first-order valence-electron chi connectivity index (χ1n) is 31.1. The minimum atomic E-state index is -0.844. The van der Waals surface area contributed by atoms with E-state index in [2.05, 4.69) is 31.3 Å². The predicted octanol–water partition coefficient (Wildman–Crippen LogP) is 19.4. The molecule has 0 spiro atoms. The fourth-order valence-electron chi connectivity index (χ4n) is 9.69. The molecule has 6 nitrogen and oxygen atoms in total. The van der Waals surface area contributed by atoms with Crippen molar-refractivity contribution in [3.05, 3.63) is 24.3 Å². The van der Waals surface area contributed by atoms with E-state index in [9.17, 15) is 19.8 Å². The van der Waals surface area contributed by atoms with Crippen molar-refractivity contribution in [2.45, 2.75) is 353 Å². The summed E-state index contributed by atoms with van der Waals surface area (Å²) in [6.45, 7) is 4.92. The Bertz CT molecular complexity index is 1080. The monoisotopic (exact) mass is 972 g/mol. The summed E-state index contributed by atoms with van der Waals surface area (Å²) in [6, 6.07) is -0.628. The van der Waals surface area contributed by atoms with Crippen molar-refractivity contribution in [1.82, 2.24) is 5.32 Å². The number of nitrogens with one attached hydrogen (secondary N) is 1. The molecule has 0 heterocycles. The Balaban J connectivity index is 3.39. The number of ether oxygens (including phenoxy) is 1. The van der Waals surface area contributed by atoms with E-state index in [1.54, 1.807) is 6.08 Å². The fraction of sp³-hybridized carbons (Fsp3) is 0.905. The quantitative estimate of drug-likeness (QED) is 0.0321. The van der Waals surface area contributed by atoms with Gasteiger partial charge in [0.15, 0.2) is 0 Å². The topological polar surface area (TPSA) is 95.9 Å². The summed E-state index contributed by atoms with van der Waals surface area (Å²) >= 11 is 0. The third kappa shape index (κ3) is 55.5. The molecule has 0 fully saturated rings. The molecule has 6 heteroatoms. The van der Waals surface area contributed by atoms with Gasteiger partial charge >= 0.3 is 5.97 Å². The van der Waals surface area contributed by atoms with E-state index < -0.39 is 12.1 Å². The van der Waals surface area contributed by atoms with Crippen molar-refractivity contribution in [3.8, 4) is 0 Å². The molecule has 0 aliphatic rings. The molecular formula is C63H121NO5. The smallest absolute Gasteiger partial charge is 0.305 e. The van der Waals surface area contributed by atoms with Gasteiger partial charge in [0.1, 0.15) is 0 Å². The number of amides is 1. The molecule has 69 heavy (non-hydrogen) atoms. The lowest BCUT2D eigenvalue weighted by molar-refractivity contribution is -0.143. The molecule has 1 amide bonds. The van der Waals surface area contributed by atoms with Crippen LogP contribution in [0.2, 0.25) is 0 Å². The first-order chi connectivity index (χ1) is 34.0. The standard InChI is InChI=1S/C63H121NO5/c1-3-5-7-9-11-13-15-31-35-39-43-47-51-55-61(66)60(59-65)64-62(67)56-52-48-44-40-36-33-29-27-25-23-21-19-17-18-20-22-24-26-28-30-34-38-42-46-50-54-58-69-63(68)57-53-49-45-41-37-32-16-14-12-10-8-6-4-2/h17,19,51,55,60-61,65-66H,3-16,18,20-50,52-54,56-59H2,1-2H3,(H,64,67)/b19-17-,55-51+. The Morgan fingerprint density at radius 1 is 0.391 bits per heavy atom. The molecule has 0 aliphatic heterocycles. The third-order valence-corrected chi connectivity index (χ3v) is 14.5. The van der Waals surface area contributed by atoms with Crippen LogP contribution in [0.4, 0.5) is 0 Å². The lowest BCUT2D eigenvalue weighted by atomic mass is 10.0. The normalized spacial score (nSPS) is 12.7. The molecule has 0 rings (SSSR count). The first-order valence-corrected chi connectivity index (χ1v) is 31.1. The number of carbonyl (C=O) groups is 2. The zero-order valence-electron chi connectivity index (χ0n) is 46.6. The molecule has 0 aliphatic carbocycles. The van der Waals surface area contributed by atoms with Crippen LogP contribution in [0.1, 0.15) is 341 Å². The number of aliphatic hydroxyl groups excluding tert-OH is 2. The van der Waals surface area contributed by atoms with Gasteiger partial charge in [-0.05, 0) is 57.8 Å². The summed E-state index contributed by atoms with van der Waals surface area (Å²) in [5.74, 6) is -0.0534. The molecule has 408 valence electrons. The number of allylic oxidation sites excluding steroid dienone is 3. The van der Waals surface area contributed by atoms with Crippen molar-refractivity contribution >= 4 is 11.9 Å². The zero-order chi connectivity index (χ0) is 50.0. The molecule has 2 atom stereocenters. The van der Waals surface area contributed by atoms with Gasteiger partial charge in [-0.25, -0.2) is 0 Å². The van der Waals surface area contributed by atoms with Crippen LogP contribution >= 0.6 is 0 Å². The molecule has 0 aromatic rings. The molecule has 3 N–H and O–H groups in total. The predicted molar refractivity (Wildman–Crippen MR) is 301 cm³/mol. The summed E-state index contributed by atoms with van der Waals surface area (Å²) in [6.07, 6.45) is 72.2. The highest BCUT2D eigenvalue weighted by Gasteiger charge is 2.18. The molecular weight excluding hydrogens is 851 g/mol. The van der Waals surface area contributed by atoms with Gasteiger partial charge in [0, 0.05) is 12.8 Å². The number of carbonyl (C=O) groups excluding carboxylic acids is 2. The molecule has 0 aromatic carbocycles. The number of esters is 1. The second-order valence-electron chi connectivity index (χ2n) is 21.4. The van der Waals surface area contributed by atoms with Crippen molar-refractivity contribution in [3.63, 3.8) is 0 Å². The van der Waals surface area contributed by atoms with E-state index in [1.807, 2.05) is 6.08 Å². The van der Waals surface area contributed by atoms with Crippen LogP contribution in [0.5, 0.6) is 0 Å². The van der Waals surface area contributed by atoms with Gasteiger partial charge in [-0.2, -0.15) is 0 Å². The first kappa shape index (κ1) is 67.3. The summed E-state index contributed by atoms with van der Waals surface area (Å²) in [5, 5.41) is 23.1. The maximum absolute atomic E-state index is 12.4. The van der Waals surface area contributed by atoms with Crippen LogP contribution < -0.4 is 5.32 Å². The highest BCUT2D eigenvalue weighted by molar-refractivity contribution is 5.76. The number of unbranched alkanes of at least 4 members (excludes halogenated alkanes) is 45. The van der Waals surface area contributed by atoms with Crippen molar-refractivity contribution < 1.29 is 24.5 Å². The van der Waals surface area contributed by atoms with Crippen LogP contribution in [0, 0.1) is 0 Å². The summed E-state index contributed by atoms with van der Waals surface area (Å²) < 4.78 is 5.48. The average Bonchev–Trinajstić information content (AvgIpc) is 3.35. The van der Waals surface area contributed by atoms with Crippen molar-refractivity contribution in [2.75, 3.05) is 13.2 Å². The van der Waals surface area contributed by atoms with E-state index in [1.165, 1.54) is 276 Å². The van der Waals surface area contributed by atoms with Gasteiger partial charge in [-0.1, -0.05) is 295 Å². The number of hydrogen-bond donors (Lipinski definition) is 3. The van der Waals surface area contributed by atoms with Gasteiger partial charge in [0.05, 0.1) is 25.4 Å². The van der Waals surface area contributed by atoms with E-state index in [-0.39, 0.29) is 18.5 Å². The van der Waals surface area contributed by atoms with Crippen LogP contribution in [-0.2, 0) is 14.3 Å². The zero-order valence-corrected chi connectivity index (χ0v) is 46.6. The van der Waals surface area contributed by atoms with Gasteiger partial charge in [-0.15, -0.1) is 0 Å². The Labute approximate surface area is 431 Å². The average molecular weight is 973 g/mol.